The van der Waals surface area contributed by atoms with E-state index in [-0.39, 0.29) is 22.4 Å². The molecule has 1 amide bonds. The monoisotopic (exact) mass is 359 g/mol. The van der Waals surface area contributed by atoms with Crippen molar-refractivity contribution in [2.75, 3.05) is 5.32 Å². The molecule has 2 aromatic carbocycles. The number of hydrogen-bond acceptors (Lipinski definition) is 2. The predicted molar refractivity (Wildman–Crippen MR) is 80.2 cm³/mol. The maximum Gasteiger partial charge on any atom is 0.256 e. The first-order chi connectivity index (χ1) is 8.99. The van der Waals surface area contributed by atoms with Crippen LogP contribution >= 0.6 is 39.1 Å². The van der Waals surface area contributed by atoms with E-state index in [0.717, 1.165) is 0 Å². The standard InChI is InChI=1S/C13H8BrCl2NO2/c14-9-4-2-1-3-8(9)13(19)17-11-6-7(15)5-10(16)12(11)18/h1-6,18H,(H,17,19). The Morgan fingerprint density at radius 3 is 2.58 bits per heavy atom. The lowest BCUT2D eigenvalue weighted by atomic mass is 10.2. The van der Waals surface area contributed by atoms with E-state index in [2.05, 4.69) is 21.2 Å². The summed E-state index contributed by atoms with van der Waals surface area (Å²) in [6.45, 7) is 0. The Balaban J connectivity index is 2.32. The molecular formula is C13H8BrCl2NO2. The fourth-order valence-electron chi connectivity index (χ4n) is 1.50. The Bertz CT molecular complexity index is 647. The highest BCUT2D eigenvalue weighted by Crippen LogP contribution is 2.35. The van der Waals surface area contributed by atoms with Crippen LogP contribution in [0, 0.1) is 0 Å². The number of anilines is 1. The quantitative estimate of drug-likeness (QED) is 0.761. The molecule has 0 aliphatic carbocycles. The highest BCUT2D eigenvalue weighted by Gasteiger charge is 2.14. The summed E-state index contributed by atoms with van der Waals surface area (Å²) in [5.74, 6) is -0.590. The summed E-state index contributed by atoms with van der Waals surface area (Å²) >= 11 is 14.9. The van der Waals surface area contributed by atoms with E-state index < -0.39 is 0 Å². The maximum absolute atomic E-state index is 12.1. The van der Waals surface area contributed by atoms with Crippen LogP contribution in [-0.2, 0) is 0 Å². The SMILES string of the molecule is O=C(Nc1cc(Cl)cc(Cl)c1O)c1ccccc1Br. The van der Waals surface area contributed by atoms with Gasteiger partial charge in [-0.2, -0.15) is 0 Å². The van der Waals surface area contributed by atoms with Crippen molar-refractivity contribution in [1.82, 2.24) is 0 Å². The van der Waals surface area contributed by atoms with Crippen LogP contribution in [0.15, 0.2) is 40.9 Å². The van der Waals surface area contributed by atoms with Crippen molar-refractivity contribution in [3.8, 4) is 5.75 Å². The summed E-state index contributed by atoms with van der Waals surface area (Å²) in [7, 11) is 0. The van der Waals surface area contributed by atoms with Crippen molar-refractivity contribution < 1.29 is 9.90 Å². The van der Waals surface area contributed by atoms with Crippen LogP contribution in [0.25, 0.3) is 0 Å². The van der Waals surface area contributed by atoms with Crippen LogP contribution in [0.5, 0.6) is 5.75 Å². The van der Waals surface area contributed by atoms with E-state index in [1.165, 1.54) is 12.1 Å². The first kappa shape index (κ1) is 14.2. The van der Waals surface area contributed by atoms with Crippen LogP contribution in [0.2, 0.25) is 10.0 Å². The van der Waals surface area contributed by atoms with Crippen molar-refractivity contribution in [2.45, 2.75) is 0 Å². The first-order valence-electron chi connectivity index (χ1n) is 5.23. The molecule has 0 unspecified atom stereocenters. The third-order valence-electron chi connectivity index (χ3n) is 2.39. The van der Waals surface area contributed by atoms with Crippen molar-refractivity contribution in [2.24, 2.45) is 0 Å². The molecule has 0 aliphatic rings. The molecule has 0 aromatic heterocycles. The zero-order chi connectivity index (χ0) is 14.0. The maximum atomic E-state index is 12.1. The van der Waals surface area contributed by atoms with Crippen molar-refractivity contribution in [1.29, 1.82) is 0 Å². The minimum Gasteiger partial charge on any atom is -0.504 e. The Kier molecular flexibility index (Phi) is 4.34. The average molecular weight is 361 g/mol. The van der Waals surface area contributed by atoms with Gasteiger partial charge in [0, 0.05) is 9.50 Å². The lowest BCUT2D eigenvalue weighted by molar-refractivity contribution is 0.102. The molecule has 0 spiro atoms. The van der Waals surface area contributed by atoms with Gasteiger partial charge >= 0.3 is 0 Å². The minimum absolute atomic E-state index is 0.0786. The lowest BCUT2D eigenvalue weighted by Crippen LogP contribution is -2.12. The van der Waals surface area contributed by atoms with Gasteiger partial charge < -0.3 is 10.4 Å². The number of benzene rings is 2. The number of phenolic OH excluding ortho intramolecular Hbond substituents is 1. The summed E-state index contributed by atoms with van der Waals surface area (Å²) in [5, 5.41) is 12.7. The van der Waals surface area contributed by atoms with Gasteiger partial charge in [0.15, 0.2) is 5.75 Å². The van der Waals surface area contributed by atoms with Gasteiger partial charge in [-0.15, -0.1) is 0 Å². The molecule has 2 aromatic rings. The van der Waals surface area contributed by atoms with Gasteiger partial charge in [0.2, 0.25) is 0 Å². The average Bonchev–Trinajstić information content (AvgIpc) is 2.35. The molecule has 0 saturated carbocycles. The Morgan fingerprint density at radius 1 is 1.21 bits per heavy atom. The highest BCUT2D eigenvalue weighted by molar-refractivity contribution is 9.10. The molecule has 98 valence electrons. The van der Waals surface area contributed by atoms with E-state index in [1.807, 2.05) is 0 Å². The molecule has 0 bridgehead atoms. The van der Waals surface area contributed by atoms with Gasteiger partial charge in [0.05, 0.1) is 16.3 Å². The summed E-state index contributed by atoms with van der Waals surface area (Å²) in [4.78, 5) is 12.1. The first-order valence-corrected chi connectivity index (χ1v) is 6.78. The van der Waals surface area contributed by atoms with Gasteiger partial charge in [-0.1, -0.05) is 35.3 Å². The summed E-state index contributed by atoms with van der Waals surface area (Å²) in [6, 6.07) is 9.77. The number of hydrogen-bond donors (Lipinski definition) is 2. The number of aromatic hydroxyl groups is 1. The predicted octanol–water partition coefficient (Wildman–Crippen LogP) is 4.71. The van der Waals surface area contributed by atoms with E-state index in [1.54, 1.807) is 24.3 Å². The molecule has 2 N–H and O–H groups in total. The summed E-state index contributed by atoms with van der Waals surface area (Å²) in [6.07, 6.45) is 0. The van der Waals surface area contributed by atoms with Crippen molar-refractivity contribution in [3.63, 3.8) is 0 Å². The Labute approximate surface area is 128 Å². The van der Waals surface area contributed by atoms with Gasteiger partial charge in [-0.3, -0.25) is 4.79 Å². The van der Waals surface area contributed by atoms with Crippen molar-refractivity contribution >= 4 is 50.7 Å². The number of amides is 1. The lowest BCUT2D eigenvalue weighted by Gasteiger charge is -2.10. The second-order valence-corrected chi connectivity index (χ2v) is 5.42. The van der Waals surface area contributed by atoms with Crippen LogP contribution in [0.3, 0.4) is 0 Å². The molecule has 0 aliphatic heterocycles. The number of rotatable bonds is 2. The minimum atomic E-state index is -0.374. The van der Waals surface area contributed by atoms with Gasteiger partial charge in [0.25, 0.3) is 5.91 Å². The second-order valence-electron chi connectivity index (χ2n) is 3.72. The van der Waals surface area contributed by atoms with E-state index >= 15 is 0 Å². The van der Waals surface area contributed by atoms with Gasteiger partial charge in [-0.05, 0) is 40.2 Å². The fraction of sp³-hybridized carbons (Fsp3) is 0. The topological polar surface area (TPSA) is 49.3 Å². The number of carbonyl (C=O) groups is 1. The number of nitrogens with one attached hydrogen (secondary N) is 1. The summed E-state index contributed by atoms with van der Waals surface area (Å²) < 4.78 is 0.653. The van der Waals surface area contributed by atoms with Gasteiger partial charge in [-0.25, -0.2) is 0 Å². The van der Waals surface area contributed by atoms with E-state index in [0.29, 0.717) is 15.1 Å². The van der Waals surface area contributed by atoms with E-state index in [9.17, 15) is 9.90 Å². The number of carbonyl (C=O) groups excluding carboxylic acids is 1. The number of phenols is 1. The van der Waals surface area contributed by atoms with Crippen LogP contribution in [0.4, 0.5) is 5.69 Å². The normalized spacial score (nSPS) is 10.3. The highest BCUT2D eigenvalue weighted by atomic mass is 79.9. The molecule has 0 radical (unpaired) electrons. The molecule has 6 heteroatoms. The summed E-state index contributed by atoms with van der Waals surface area (Å²) in [5.41, 5.74) is 0.608. The number of halogens is 3. The largest absolute Gasteiger partial charge is 0.504 e. The third kappa shape index (κ3) is 3.21. The smallest absolute Gasteiger partial charge is 0.256 e. The Morgan fingerprint density at radius 2 is 1.89 bits per heavy atom. The molecule has 2 rings (SSSR count). The van der Waals surface area contributed by atoms with Crippen molar-refractivity contribution in [3.05, 3.63) is 56.5 Å². The molecule has 0 saturated heterocycles. The van der Waals surface area contributed by atoms with Crippen LogP contribution in [0.1, 0.15) is 10.4 Å². The zero-order valence-corrected chi connectivity index (χ0v) is 12.6. The second kappa shape index (κ2) is 5.82. The molecule has 0 heterocycles. The van der Waals surface area contributed by atoms with E-state index in [4.69, 9.17) is 23.2 Å². The van der Waals surface area contributed by atoms with Crippen LogP contribution < -0.4 is 5.32 Å². The molecule has 0 atom stereocenters. The molecule has 3 nitrogen and oxygen atoms in total. The molecular weight excluding hydrogens is 353 g/mol. The fourth-order valence-corrected chi connectivity index (χ4v) is 2.45. The third-order valence-corrected chi connectivity index (χ3v) is 3.59. The van der Waals surface area contributed by atoms with Crippen LogP contribution in [-0.4, -0.2) is 11.0 Å². The molecule has 0 fully saturated rings. The van der Waals surface area contributed by atoms with Gasteiger partial charge in [0.1, 0.15) is 0 Å². The Hall–Kier alpha value is -1.23. The zero-order valence-electron chi connectivity index (χ0n) is 9.45. The molecule has 19 heavy (non-hydrogen) atoms.